The maximum atomic E-state index is 13.1. The number of ether oxygens (including phenoxy) is 1. The molecule has 0 radical (unpaired) electrons. The van der Waals surface area contributed by atoms with E-state index < -0.39 is 21.8 Å². The summed E-state index contributed by atoms with van der Waals surface area (Å²) in [4.78, 5) is 26.6. The fourth-order valence-corrected chi connectivity index (χ4v) is 5.79. The molecule has 0 saturated carbocycles. The summed E-state index contributed by atoms with van der Waals surface area (Å²) in [6, 6.07) is 12.6. The molecule has 5 aromatic heterocycles. The number of sulfone groups is 1. The number of amides is 1. The van der Waals surface area contributed by atoms with Gasteiger partial charge in [-0.3, -0.25) is 9.78 Å². The second kappa shape index (κ2) is 11.0. The van der Waals surface area contributed by atoms with E-state index in [0.29, 0.717) is 24.4 Å². The Kier molecular flexibility index (Phi) is 7.17. The van der Waals surface area contributed by atoms with E-state index >= 15 is 0 Å². The first-order chi connectivity index (χ1) is 20.3. The van der Waals surface area contributed by atoms with Gasteiger partial charge in [-0.25, -0.2) is 22.8 Å². The Morgan fingerprint density at radius 3 is 2.76 bits per heavy atom. The van der Waals surface area contributed by atoms with Crippen molar-refractivity contribution in [2.75, 3.05) is 19.7 Å². The second-order valence-electron chi connectivity index (χ2n) is 9.81. The van der Waals surface area contributed by atoms with E-state index in [1.54, 1.807) is 19.5 Å². The third kappa shape index (κ3) is 4.99. The van der Waals surface area contributed by atoms with Crippen LogP contribution in [0.25, 0.3) is 44.2 Å². The molecule has 0 atom stereocenters. The number of aryl methyl sites for hydroxylation is 1. The fraction of sp³-hybridized carbons (Fsp3) is 0.200. The Balaban J connectivity index is 1.25. The molecule has 214 valence electrons. The van der Waals surface area contributed by atoms with Crippen LogP contribution >= 0.6 is 0 Å². The molecular formula is C30H26FN5O5S. The van der Waals surface area contributed by atoms with Crippen LogP contribution in [0.1, 0.15) is 21.7 Å². The number of benzene rings is 1. The molecule has 1 N–H and O–H groups in total. The molecule has 0 bridgehead atoms. The van der Waals surface area contributed by atoms with Gasteiger partial charge in [0.1, 0.15) is 22.4 Å². The van der Waals surface area contributed by atoms with Gasteiger partial charge in [-0.2, -0.15) is 0 Å². The lowest BCUT2D eigenvalue weighted by atomic mass is 10.1. The highest BCUT2D eigenvalue weighted by Crippen LogP contribution is 2.30. The van der Waals surface area contributed by atoms with Gasteiger partial charge < -0.3 is 19.0 Å². The average Bonchev–Trinajstić information content (AvgIpc) is 3.58. The molecule has 42 heavy (non-hydrogen) atoms. The predicted octanol–water partition coefficient (Wildman–Crippen LogP) is 4.98. The highest BCUT2D eigenvalue weighted by Gasteiger charge is 2.21. The smallest absolute Gasteiger partial charge is 0.251 e. The maximum absolute atomic E-state index is 13.1. The van der Waals surface area contributed by atoms with Gasteiger partial charge in [0.25, 0.3) is 5.91 Å². The normalized spacial score (nSPS) is 12.0. The zero-order valence-corrected chi connectivity index (χ0v) is 23.6. The SMILES string of the molecule is COCCn1c(C)cc2c(-c3ccc4cnc(CNC(=O)c5ccc6occ(S(=O)(=O)CF)c6c5)cc4n3)ccnc21. The van der Waals surface area contributed by atoms with E-state index in [0.717, 1.165) is 39.6 Å². The summed E-state index contributed by atoms with van der Waals surface area (Å²) in [6.07, 6.45) is 4.46. The number of alkyl halides is 1. The third-order valence-corrected chi connectivity index (χ3v) is 8.41. The van der Waals surface area contributed by atoms with Crippen LogP contribution in [0.15, 0.2) is 76.5 Å². The van der Waals surface area contributed by atoms with E-state index in [1.807, 2.05) is 31.2 Å². The molecule has 0 fully saturated rings. The summed E-state index contributed by atoms with van der Waals surface area (Å²) >= 11 is 0. The van der Waals surface area contributed by atoms with E-state index in [4.69, 9.17) is 14.1 Å². The van der Waals surface area contributed by atoms with E-state index in [9.17, 15) is 17.6 Å². The number of rotatable bonds is 9. The molecular weight excluding hydrogens is 561 g/mol. The molecule has 0 aliphatic rings. The fourth-order valence-electron chi connectivity index (χ4n) is 4.99. The quantitative estimate of drug-likeness (QED) is 0.251. The van der Waals surface area contributed by atoms with Gasteiger partial charge in [-0.15, -0.1) is 0 Å². The predicted molar refractivity (Wildman–Crippen MR) is 155 cm³/mol. The first-order valence-corrected chi connectivity index (χ1v) is 14.7. The Bertz CT molecular complexity index is 2090. The van der Waals surface area contributed by atoms with Crippen LogP contribution in [-0.2, 0) is 27.7 Å². The van der Waals surface area contributed by atoms with Crippen molar-refractivity contribution in [3.8, 4) is 11.3 Å². The van der Waals surface area contributed by atoms with E-state index in [2.05, 4.69) is 25.9 Å². The van der Waals surface area contributed by atoms with Crippen molar-refractivity contribution < 1.29 is 26.8 Å². The van der Waals surface area contributed by atoms with Crippen LogP contribution in [0.3, 0.4) is 0 Å². The van der Waals surface area contributed by atoms with Crippen molar-refractivity contribution in [1.82, 2.24) is 24.8 Å². The van der Waals surface area contributed by atoms with E-state index in [-0.39, 0.29) is 28.0 Å². The number of pyridine rings is 3. The molecule has 12 heteroatoms. The Hall–Kier alpha value is -4.68. The van der Waals surface area contributed by atoms with Crippen molar-refractivity contribution in [3.05, 3.63) is 84.1 Å². The lowest BCUT2D eigenvalue weighted by Gasteiger charge is -2.09. The molecule has 1 amide bonds. The minimum Gasteiger partial charge on any atom is -0.463 e. The molecule has 5 heterocycles. The maximum Gasteiger partial charge on any atom is 0.251 e. The topological polar surface area (TPSA) is 129 Å². The number of hydrogen-bond donors (Lipinski definition) is 1. The summed E-state index contributed by atoms with van der Waals surface area (Å²) in [5, 5.41) is 4.79. The van der Waals surface area contributed by atoms with Gasteiger partial charge in [-0.1, -0.05) is 0 Å². The first kappa shape index (κ1) is 27.5. The van der Waals surface area contributed by atoms with Gasteiger partial charge in [0, 0.05) is 59.0 Å². The van der Waals surface area contributed by atoms with Crippen LogP contribution in [0, 0.1) is 6.92 Å². The van der Waals surface area contributed by atoms with Crippen molar-refractivity contribution in [2.45, 2.75) is 24.9 Å². The molecule has 6 aromatic rings. The number of carbonyl (C=O) groups excluding carboxylic acids is 1. The monoisotopic (exact) mass is 587 g/mol. The van der Waals surface area contributed by atoms with E-state index in [1.165, 1.54) is 18.2 Å². The highest BCUT2D eigenvalue weighted by atomic mass is 32.2. The zero-order valence-electron chi connectivity index (χ0n) is 22.8. The Morgan fingerprint density at radius 1 is 1.10 bits per heavy atom. The molecule has 0 aliphatic carbocycles. The summed E-state index contributed by atoms with van der Waals surface area (Å²) in [5.41, 5.74) is 5.44. The standard InChI is InChI=1S/C30H26FN5O5S/c1-18-11-23-22(7-8-32-29(23)36(18)9-10-40-2)25-5-3-20-14-33-21(13-26(20)35-25)15-34-30(37)19-4-6-27-24(12-19)28(16-41-27)42(38,39)17-31/h3-8,11-14,16H,9-10,15,17H2,1-2H3,(H,34,37). The molecule has 1 aromatic carbocycles. The first-order valence-electron chi connectivity index (χ1n) is 13.1. The lowest BCUT2D eigenvalue weighted by Crippen LogP contribution is -2.23. The van der Waals surface area contributed by atoms with Crippen LogP contribution in [0.4, 0.5) is 4.39 Å². The molecule has 0 saturated heterocycles. The minimum absolute atomic E-state index is 0.112. The highest BCUT2D eigenvalue weighted by molar-refractivity contribution is 7.91. The summed E-state index contributed by atoms with van der Waals surface area (Å²) < 4.78 is 49.8. The number of methoxy groups -OCH3 is 1. The summed E-state index contributed by atoms with van der Waals surface area (Å²) in [7, 11) is -2.49. The number of nitrogens with zero attached hydrogens (tertiary/aromatic N) is 4. The zero-order chi connectivity index (χ0) is 29.4. The molecule has 0 unspecified atom stereocenters. The Labute approximate surface area is 240 Å². The number of furan rings is 1. The summed E-state index contributed by atoms with van der Waals surface area (Å²) in [5.74, 6) is -0.446. The second-order valence-corrected chi connectivity index (χ2v) is 11.7. The number of carbonyl (C=O) groups is 1. The number of nitrogens with one attached hydrogen (secondary N) is 1. The lowest BCUT2D eigenvalue weighted by molar-refractivity contribution is 0.0950. The van der Waals surface area contributed by atoms with Crippen LogP contribution in [0.2, 0.25) is 0 Å². The number of halogens is 1. The van der Waals surface area contributed by atoms with Crippen LogP contribution in [-0.4, -0.2) is 53.6 Å². The van der Waals surface area contributed by atoms with Crippen molar-refractivity contribution in [2.24, 2.45) is 0 Å². The largest absolute Gasteiger partial charge is 0.463 e. The molecule has 0 aliphatic heterocycles. The van der Waals surface area contributed by atoms with Gasteiger partial charge in [-0.05, 0) is 55.5 Å². The van der Waals surface area contributed by atoms with Crippen molar-refractivity contribution in [3.63, 3.8) is 0 Å². The number of aromatic nitrogens is 4. The molecule has 10 nitrogen and oxygen atoms in total. The number of hydrogen-bond acceptors (Lipinski definition) is 8. The Morgan fingerprint density at radius 2 is 1.95 bits per heavy atom. The van der Waals surface area contributed by atoms with Gasteiger partial charge in [0.2, 0.25) is 9.84 Å². The molecule has 0 spiro atoms. The number of fused-ring (bicyclic) bond motifs is 3. The van der Waals surface area contributed by atoms with Crippen LogP contribution in [0.5, 0.6) is 0 Å². The van der Waals surface area contributed by atoms with Crippen LogP contribution < -0.4 is 5.32 Å². The molecule has 6 rings (SSSR count). The van der Waals surface area contributed by atoms with Crippen molar-refractivity contribution >= 4 is 48.7 Å². The van der Waals surface area contributed by atoms with Gasteiger partial charge in [0.05, 0.1) is 30.1 Å². The van der Waals surface area contributed by atoms with Gasteiger partial charge >= 0.3 is 0 Å². The van der Waals surface area contributed by atoms with Crippen molar-refractivity contribution in [1.29, 1.82) is 0 Å². The third-order valence-electron chi connectivity index (χ3n) is 7.14. The average molecular weight is 588 g/mol. The van der Waals surface area contributed by atoms with Gasteiger partial charge in [0.15, 0.2) is 6.01 Å². The minimum atomic E-state index is -4.16. The summed E-state index contributed by atoms with van der Waals surface area (Å²) in [6.45, 7) is 3.43.